The van der Waals surface area contributed by atoms with Gasteiger partial charge in [0.1, 0.15) is 0 Å². The van der Waals surface area contributed by atoms with Crippen LogP contribution in [0.4, 0.5) is 9.52 Å². The Morgan fingerprint density at radius 3 is 2.86 bits per heavy atom. The Morgan fingerprint density at radius 1 is 1.28 bits per heavy atom. The van der Waals surface area contributed by atoms with Crippen molar-refractivity contribution in [1.82, 2.24) is 4.98 Å². The average molecular weight is 413 g/mol. The lowest BCUT2D eigenvalue weighted by Gasteiger charge is -2.06. The zero-order chi connectivity index (χ0) is 20.6. The summed E-state index contributed by atoms with van der Waals surface area (Å²) < 4.78 is 23.8. The van der Waals surface area contributed by atoms with Gasteiger partial charge in [0.25, 0.3) is 0 Å². The van der Waals surface area contributed by atoms with E-state index in [4.69, 9.17) is 9.47 Å². The van der Waals surface area contributed by atoms with Gasteiger partial charge in [-0.2, -0.15) is 5.10 Å². The maximum atomic E-state index is 14.0. The highest BCUT2D eigenvalue weighted by Gasteiger charge is 2.08. The summed E-state index contributed by atoms with van der Waals surface area (Å²) in [7, 11) is 1.43. The van der Waals surface area contributed by atoms with Crippen LogP contribution in [0, 0.1) is 5.82 Å². The summed E-state index contributed by atoms with van der Waals surface area (Å²) in [6, 6.07) is 12.4. The number of halogens is 1. The number of ether oxygens (including phenoxy) is 2. The largest absolute Gasteiger partial charge is 0.494 e. The molecule has 0 saturated heterocycles. The Hall–Kier alpha value is -3.26. The normalized spacial score (nSPS) is 10.9. The Balaban J connectivity index is 1.65. The van der Waals surface area contributed by atoms with Gasteiger partial charge in [-0.3, -0.25) is 10.2 Å². The number of rotatable bonds is 8. The van der Waals surface area contributed by atoms with Crippen LogP contribution < -0.4 is 10.2 Å². The molecule has 0 spiro atoms. The summed E-state index contributed by atoms with van der Waals surface area (Å²) in [5.41, 5.74) is 5.93. The monoisotopic (exact) mass is 413 g/mol. The molecular weight excluding hydrogens is 393 g/mol. The lowest BCUT2D eigenvalue weighted by atomic mass is 10.0. The van der Waals surface area contributed by atoms with Gasteiger partial charge in [-0.1, -0.05) is 24.3 Å². The molecule has 0 fully saturated rings. The molecular formula is C21H20FN3O3S. The molecule has 0 aliphatic rings. The lowest BCUT2D eigenvalue weighted by molar-refractivity contribution is -0.142. The molecule has 0 amide bonds. The molecule has 2 aromatic carbocycles. The molecule has 0 aliphatic heterocycles. The van der Waals surface area contributed by atoms with E-state index in [9.17, 15) is 9.18 Å². The zero-order valence-electron chi connectivity index (χ0n) is 16.0. The summed E-state index contributed by atoms with van der Waals surface area (Å²) in [4.78, 5) is 15.8. The van der Waals surface area contributed by atoms with E-state index in [2.05, 4.69) is 15.5 Å². The predicted molar refractivity (Wildman–Crippen MR) is 112 cm³/mol. The Labute approximate surface area is 172 Å². The minimum atomic E-state index is -0.409. The highest BCUT2D eigenvalue weighted by molar-refractivity contribution is 7.13. The first-order chi connectivity index (χ1) is 14.1. The van der Waals surface area contributed by atoms with E-state index >= 15 is 0 Å². The quantitative estimate of drug-likeness (QED) is 0.334. The molecule has 3 rings (SSSR count). The predicted octanol–water partition coefficient (Wildman–Crippen LogP) is 4.51. The van der Waals surface area contributed by atoms with Crippen molar-refractivity contribution >= 4 is 28.7 Å². The van der Waals surface area contributed by atoms with Crippen molar-refractivity contribution in [2.45, 2.75) is 13.3 Å². The van der Waals surface area contributed by atoms with Gasteiger partial charge >= 0.3 is 5.97 Å². The van der Waals surface area contributed by atoms with Crippen LogP contribution in [-0.2, 0) is 16.0 Å². The number of hydrogen-bond acceptors (Lipinski definition) is 7. The van der Waals surface area contributed by atoms with E-state index in [-0.39, 0.29) is 18.1 Å². The molecule has 0 unspecified atom stereocenters. The first-order valence-corrected chi connectivity index (χ1v) is 9.80. The van der Waals surface area contributed by atoms with Crippen LogP contribution in [0.1, 0.15) is 18.2 Å². The van der Waals surface area contributed by atoms with Crippen molar-refractivity contribution in [2.24, 2.45) is 5.10 Å². The van der Waals surface area contributed by atoms with Crippen molar-refractivity contribution in [1.29, 1.82) is 0 Å². The summed E-state index contributed by atoms with van der Waals surface area (Å²) in [5, 5.41) is 6.55. The van der Waals surface area contributed by atoms with Gasteiger partial charge in [0.2, 0.25) is 5.13 Å². The Kier molecular flexibility index (Phi) is 6.91. The van der Waals surface area contributed by atoms with Gasteiger partial charge in [0.15, 0.2) is 11.6 Å². The highest BCUT2D eigenvalue weighted by Crippen LogP contribution is 2.26. The topological polar surface area (TPSA) is 72.8 Å². The molecule has 1 heterocycles. The molecule has 8 heteroatoms. The second-order valence-electron chi connectivity index (χ2n) is 5.97. The maximum absolute atomic E-state index is 14.0. The van der Waals surface area contributed by atoms with Gasteiger partial charge in [0, 0.05) is 5.38 Å². The van der Waals surface area contributed by atoms with Gasteiger partial charge in [-0.05, 0) is 41.8 Å². The van der Waals surface area contributed by atoms with Crippen LogP contribution in [0.25, 0.3) is 11.1 Å². The van der Waals surface area contributed by atoms with E-state index in [1.54, 1.807) is 30.7 Å². The summed E-state index contributed by atoms with van der Waals surface area (Å²) in [6.45, 7) is 2.11. The van der Waals surface area contributed by atoms with Crippen molar-refractivity contribution in [3.63, 3.8) is 0 Å². The van der Waals surface area contributed by atoms with Crippen molar-refractivity contribution in [3.05, 3.63) is 64.9 Å². The van der Waals surface area contributed by atoms with E-state index in [0.717, 1.165) is 16.7 Å². The fourth-order valence-electron chi connectivity index (χ4n) is 2.61. The number of thiazole rings is 1. The van der Waals surface area contributed by atoms with Crippen molar-refractivity contribution in [2.75, 3.05) is 19.1 Å². The zero-order valence-corrected chi connectivity index (χ0v) is 16.8. The van der Waals surface area contributed by atoms with Crippen molar-refractivity contribution in [3.8, 4) is 16.9 Å². The Bertz CT molecular complexity index is 1020. The maximum Gasteiger partial charge on any atom is 0.311 e. The van der Waals surface area contributed by atoms with Crippen LogP contribution in [0.2, 0.25) is 0 Å². The molecule has 1 N–H and O–H groups in total. The van der Waals surface area contributed by atoms with Crippen molar-refractivity contribution < 1.29 is 18.7 Å². The van der Waals surface area contributed by atoms with Crippen LogP contribution in [0.5, 0.6) is 5.75 Å². The molecule has 0 atom stereocenters. The SMILES string of the molecule is CCOC(=O)Cc1csc(NN=Cc2cccc(-c3ccc(OC)c(F)c3)c2)n1. The summed E-state index contributed by atoms with van der Waals surface area (Å²) >= 11 is 1.35. The second-order valence-corrected chi connectivity index (χ2v) is 6.83. The number of carbonyl (C=O) groups is 1. The molecule has 0 radical (unpaired) electrons. The third-order valence-electron chi connectivity index (χ3n) is 3.93. The number of hydrogen-bond donors (Lipinski definition) is 1. The number of nitrogens with one attached hydrogen (secondary N) is 1. The fraction of sp³-hybridized carbons (Fsp3) is 0.190. The first kappa shape index (κ1) is 20.5. The van der Waals surface area contributed by atoms with E-state index in [0.29, 0.717) is 17.4 Å². The minimum absolute atomic E-state index is 0.135. The van der Waals surface area contributed by atoms with Gasteiger partial charge in [0.05, 0.1) is 32.0 Å². The molecule has 3 aromatic rings. The van der Waals surface area contributed by atoms with Gasteiger partial charge in [-0.15, -0.1) is 11.3 Å². The standard InChI is InChI=1S/C21H20FN3O3S/c1-3-28-20(26)11-17-13-29-21(24-17)25-23-12-14-5-4-6-15(9-14)16-7-8-19(27-2)18(22)10-16/h4-10,12-13H,3,11H2,1-2H3,(H,24,25). The first-order valence-electron chi connectivity index (χ1n) is 8.92. The van der Waals surface area contributed by atoms with Crippen LogP contribution in [0.15, 0.2) is 52.9 Å². The van der Waals surface area contributed by atoms with Crippen LogP contribution >= 0.6 is 11.3 Å². The highest BCUT2D eigenvalue weighted by atomic mass is 32.1. The molecule has 6 nitrogen and oxygen atoms in total. The molecule has 1 aromatic heterocycles. The fourth-order valence-corrected chi connectivity index (χ4v) is 3.27. The molecule has 0 bridgehead atoms. The van der Waals surface area contributed by atoms with Gasteiger partial charge in [-0.25, -0.2) is 9.37 Å². The molecule has 29 heavy (non-hydrogen) atoms. The summed E-state index contributed by atoms with van der Waals surface area (Å²) in [5.74, 6) is -0.505. The lowest BCUT2D eigenvalue weighted by Crippen LogP contribution is -2.07. The van der Waals surface area contributed by atoms with Crippen LogP contribution in [-0.4, -0.2) is 30.9 Å². The number of methoxy groups -OCH3 is 1. The number of esters is 1. The number of carbonyl (C=O) groups excluding carboxylic acids is 1. The molecule has 150 valence electrons. The second kappa shape index (κ2) is 9.79. The van der Waals surface area contributed by atoms with Gasteiger partial charge < -0.3 is 9.47 Å². The smallest absolute Gasteiger partial charge is 0.311 e. The minimum Gasteiger partial charge on any atom is -0.494 e. The third-order valence-corrected chi connectivity index (χ3v) is 4.72. The number of anilines is 1. The number of benzene rings is 2. The number of nitrogens with zero attached hydrogens (tertiary/aromatic N) is 2. The van der Waals surface area contributed by atoms with E-state index in [1.165, 1.54) is 24.5 Å². The molecule has 0 saturated carbocycles. The Morgan fingerprint density at radius 2 is 2.10 bits per heavy atom. The number of aromatic nitrogens is 1. The third kappa shape index (κ3) is 5.61. The van der Waals surface area contributed by atoms with E-state index in [1.807, 2.05) is 24.3 Å². The number of hydrazone groups is 1. The summed E-state index contributed by atoms with van der Waals surface area (Å²) in [6.07, 6.45) is 1.78. The molecule has 0 aliphatic carbocycles. The average Bonchev–Trinajstić information content (AvgIpc) is 3.15. The van der Waals surface area contributed by atoms with E-state index < -0.39 is 5.82 Å². The van der Waals surface area contributed by atoms with Crippen LogP contribution in [0.3, 0.4) is 0 Å².